The highest BCUT2D eigenvalue weighted by Gasteiger charge is 2.27. The molecule has 2 unspecified atom stereocenters. The highest BCUT2D eigenvalue weighted by Crippen LogP contribution is 2.21. The zero-order valence-electron chi connectivity index (χ0n) is 10.1. The summed E-state index contributed by atoms with van der Waals surface area (Å²) in [5.74, 6) is 0.827. The van der Waals surface area contributed by atoms with Gasteiger partial charge in [-0.25, -0.2) is 0 Å². The third-order valence-electron chi connectivity index (χ3n) is 3.24. The Balaban J connectivity index is 2.30. The van der Waals surface area contributed by atoms with Crippen LogP contribution in [0.5, 0.6) is 0 Å². The topological polar surface area (TPSA) is 49.6 Å². The highest BCUT2D eigenvalue weighted by molar-refractivity contribution is 5.75. The predicted molar refractivity (Wildman–Crippen MR) is 61.5 cm³/mol. The fourth-order valence-electron chi connectivity index (χ4n) is 2.16. The third-order valence-corrected chi connectivity index (χ3v) is 3.24. The summed E-state index contributed by atoms with van der Waals surface area (Å²) < 4.78 is 0. The Morgan fingerprint density at radius 3 is 2.67 bits per heavy atom. The standard InChI is InChI=1S/C11H23N3O/c1-9-6-10(7-12)8-14(9)5-4-11(15)13(2)3/h9-10H,4-8,12H2,1-3H3. The highest BCUT2D eigenvalue weighted by atomic mass is 16.2. The van der Waals surface area contributed by atoms with E-state index in [1.807, 2.05) is 0 Å². The van der Waals surface area contributed by atoms with Crippen molar-refractivity contribution in [3.05, 3.63) is 0 Å². The average Bonchev–Trinajstić information content (AvgIpc) is 2.55. The summed E-state index contributed by atoms with van der Waals surface area (Å²) in [6.07, 6.45) is 1.79. The van der Waals surface area contributed by atoms with Crippen molar-refractivity contribution in [2.75, 3.05) is 33.7 Å². The maximum absolute atomic E-state index is 11.4. The molecule has 15 heavy (non-hydrogen) atoms. The van der Waals surface area contributed by atoms with Crippen LogP contribution in [0.1, 0.15) is 19.8 Å². The minimum absolute atomic E-state index is 0.207. The van der Waals surface area contributed by atoms with Gasteiger partial charge in [-0.05, 0) is 25.8 Å². The summed E-state index contributed by atoms with van der Waals surface area (Å²) >= 11 is 0. The Hall–Kier alpha value is -0.610. The number of nitrogens with zero attached hydrogens (tertiary/aromatic N) is 2. The number of carbonyl (C=O) groups is 1. The van der Waals surface area contributed by atoms with Crippen molar-refractivity contribution in [1.29, 1.82) is 0 Å². The minimum Gasteiger partial charge on any atom is -0.349 e. The SMILES string of the molecule is CC1CC(CN)CN1CCC(=O)N(C)C. The molecule has 0 aromatic rings. The number of hydrogen-bond acceptors (Lipinski definition) is 3. The lowest BCUT2D eigenvalue weighted by Gasteiger charge is -2.21. The number of rotatable bonds is 4. The molecule has 88 valence electrons. The molecular weight excluding hydrogens is 190 g/mol. The second kappa shape index (κ2) is 5.47. The normalized spacial score (nSPS) is 26.9. The number of carbonyl (C=O) groups excluding carboxylic acids is 1. The second-order valence-corrected chi connectivity index (χ2v) is 4.72. The first-order chi connectivity index (χ1) is 7.04. The molecule has 0 bridgehead atoms. The molecule has 1 saturated heterocycles. The van der Waals surface area contributed by atoms with Crippen LogP contribution in [0.25, 0.3) is 0 Å². The number of likely N-dealkylation sites (tertiary alicyclic amines) is 1. The van der Waals surface area contributed by atoms with Crippen molar-refractivity contribution < 1.29 is 4.79 Å². The van der Waals surface area contributed by atoms with E-state index in [9.17, 15) is 4.79 Å². The maximum atomic E-state index is 11.4. The van der Waals surface area contributed by atoms with Gasteiger partial charge in [-0.1, -0.05) is 0 Å². The summed E-state index contributed by atoms with van der Waals surface area (Å²) in [6.45, 7) is 4.91. The second-order valence-electron chi connectivity index (χ2n) is 4.72. The van der Waals surface area contributed by atoms with Gasteiger partial charge >= 0.3 is 0 Å². The summed E-state index contributed by atoms with van der Waals surface area (Å²) in [5.41, 5.74) is 5.66. The van der Waals surface area contributed by atoms with Crippen LogP contribution in [0.15, 0.2) is 0 Å². The molecule has 0 aromatic carbocycles. The van der Waals surface area contributed by atoms with Crippen molar-refractivity contribution in [2.45, 2.75) is 25.8 Å². The van der Waals surface area contributed by atoms with Crippen molar-refractivity contribution in [3.8, 4) is 0 Å². The monoisotopic (exact) mass is 213 g/mol. The quantitative estimate of drug-likeness (QED) is 0.722. The fraction of sp³-hybridized carbons (Fsp3) is 0.909. The minimum atomic E-state index is 0.207. The van der Waals surface area contributed by atoms with E-state index in [2.05, 4.69) is 11.8 Å². The number of hydrogen-bond donors (Lipinski definition) is 1. The van der Waals surface area contributed by atoms with Crippen molar-refractivity contribution in [2.24, 2.45) is 11.7 Å². The lowest BCUT2D eigenvalue weighted by molar-refractivity contribution is -0.129. The van der Waals surface area contributed by atoms with Crippen LogP contribution in [-0.4, -0.2) is 55.5 Å². The first-order valence-corrected chi connectivity index (χ1v) is 5.68. The summed E-state index contributed by atoms with van der Waals surface area (Å²) in [5, 5.41) is 0. The molecule has 4 heteroatoms. The van der Waals surface area contributed by atoms with Gasteiger partial charge in [0.2, 0.25) is 5.91 Å². The number of amides is 1. The number of nitrogens with two attached hydrogens (primary N) is 1. The lowest BCUT2D eigenvalue weighted by atomic mass is 10.1. The van der Waals surface area contributed by atoms with Crippen molar-refractivity contribution >= 4 is 5.91 Å². The van der Waals surface area contributed by atoms with E-state index in [1.54, 1.807) is 19.0 Å². The van der Waals surface area contributed by atoms with Gasteiger partial charge < -0.3 is 10.6 Å². The fourth-order valence-corrected chi connectivity index (χ4v) is 2.16. The first kappa shape index (κ1) is 12.5. The van der Waals surface area contributed by atoms with Crippen LogP contribution in [0.2, 0.25) is 0 Å². The zero-order chi connectivity index (χ0) is 11.4. The third kappa shape index (κ3) is 3.47. The summed E-state index contributed by atoms with van der Waals surface area (Å²) in [7, 11) is 3.61. The summed E-state index contributed by atoms with van der Waals surface area (Å²) in [6, 6.07) is 0.577. The van der Waals surface area contributed by atoms with E-state index in [0.29, 0.717) is 18.4 Å². The van der Waals surface area contributed by atoms with E-state index in [1.165, 1.54) is 6.42 Å². The average molecular weight is 213 g/mol. The molecule has 0 aliphatic carbocycles. The van der Waals surface area contributed by atoms with E-state index in [-0.39, 0.29) is 5.91 Å². The van der Waals surface area contributed by atoms with E-state index < -0.39 is 0 Å². The molecule has 1 rings (SSSR count). The van der Waals surface area contributed by atoms with Gasteiger partial charge in [0, 0.05) is 39.6 Å². The first-order valence-electron chi connectivity index (χ1n) is 5.68. The Morgan fingerprint density at radius 1 is 1.53 bits per heavy atom. The molecule has 1 amide bonds. The van der Waals surface area contributed by atoms with Gasteiger partial charge in [-0.3, -0.25) is 9.69 Å². The Labute approximate surface area is 92.4 Å². The molecule has 2 atom stereocenters. The largest absolute Gasteiger partial charge is 0.349 e. The van der Waals surface area contributed by atoms with Gasteiger partial charge in [0.25, 0.3) is 0 Å². The van der Waals surface area contributed by atoms with Gasteiger partial charge in [0.05, 0.1) is 0 Å². The van der Waals surface area contributed by atoms with Crippen LogP contribution in [0.4, 0.5) is 0 Å². The zero-order valence-corrected chi connectivity index (χ0v) is 10.1. The lowest BCUT2D eigenvalue weighted by Crippen LogP contribution is -2.32. The molecule has 2 N–H and O–H groups in total. The van der Waals surface area contributed by atoms with Crippen molar-refractivity contribution in [3.63, 3.8) is 0 Å². The Bertz CT molecular complexity index is 218. The Kier molecular flexibility index (Phi) is 4.54. The smallest absolute Gasteiger partial charge is 0.223 e. The van der Waals surface area contributed by atoms with Crippen LogP contribution >= 0.6 is 0 Å². The molecule has 0 spiro atoms. The Morgan fingerprint density at radius 2 is 2.20 bits per heavy atom. The predicted octanol–water partition coefficient (Wildman–Crippen LogP) is 0.134. The molecule has 1 aliphatic heterocycles. The van der Waals surface area contributed by atoms with Crippen molar-refractivity contribution in [1.82, 2.24) is 9.80 Å². The molecular formula is C11H23N3O. The van der Waals surface area contributed by atoms with Crippen LogP contribution in [-0.2, 0) is 4.79 Å². The van der Waals surface area contributed by atoms with E-state index in [0.717, 1.165) is 19.6 Å². The van der Waals surface area contributed by atoms with Crippen LogP contribution < -0.4 is 5.73 Å². The van der Waals surface area contributed by atoms with Crippen LogP contribution in [0, 0.1) is 5.92 Å². The molecule has 0 radical (unpaired) electrons. The van der Waals surface area contributed by atoms with E-state index >= 15 is 0 Å². The van der Waals surface area contributed by atoms with Gasteiger partial charge in [0.1, 0.15) is 0 Å². The van der Waals surface area contributed by atoms with Crippen LogP contribution in [0.3, 0.4) is 0 Å². The van der Waals surface area contributed by atoms with Gasteiger partial charge in [-0.15, -0.1) is 0 Å². The summed E-state index contributed by atoms with van der Waals surface area (Å²) in [4.78, 5) is 15.5. The molecule has 1 heterocycles. The van der Waals surface area contributed by atoms with Gasteiger partial charge in [0.15, 0.2) is 0 Å². The maximum Gasteiger partial charge on any atom is 0.223 e. The molecule has 0 aromatic heterocycles. The molecule has 1 fully saturated rings. The molecule has 4 nitrogen and oxygen atoms in total. The molecule has 0 saturated carbocycles. The van der Waals surface area contributed by atoms with E-state index in [4.69, 9.17) is 5.73 Å². The molecule has 1 aliphatic rings. The van der Waals surface area contributed by atoms with Gasteiger partial charge in [-0.2, -0.15) is 0 Å².